The van der Waals surface area contributed by atoms with E-state index in [9.17, 15) is 0 Å². The summed E-state index contributed by atoms with van der Waals surface area (Å²) in [6, 6.07) is 5.72. The maximum absolute atomic E-state index is 3.78. The predicted molar refractivity (Wildman–Crippen MR) is 63.8 cm³/mol. The van der Waals surface area contributed by atoms with Crippen LogP contribution in [0.5, 0.6) is 0 Å². The highest BCUT2D eigenvalue weighted by molar-refractivity contribution is 5.21. The second-order valence-electron chi connectivity index (χ2n) is 3.44. The molecule has 0 fully saturated rings. The van der Waals surface area contributed by atoms with Crippen LogP contribution in [0, 0.1) is 6.92 Å². The van der Waals surface area contributed by atoms with Gasteiger partial charge < -0.3 is 4.98 Å². The third-order valence-electron chi connectivity index (χ3n) is 2.15. The van der Waals surface area contributed by atoms with Crippen molar-refractivity contribution in [1.82, 2.24) is 9.97 Å². The molecule has 0 radical (unpaired) electrons. The standard InChI is InChI=1S/C8H13N.C5H5N/c1-3-4-8-6-9-5-7(8)2;1-2-4-6-5-3-1/h5-6,9H,3-4H2,1-2H3;1-5H. The minimum Gasteiger partial charge on any atom is -0.367 e. The molecule has 0 saturated heterocycles. The van der Waals surface area contributed by atoms with Gasteiger partial charge in [-0.05, 0) is 36.6 Å². The van der Waals surface area contributed by atoms with E-state index in [-0.39, 0.29) is 0 Å². The van der Waals surface area contributed by atoms with Crippen LogP contribution in [0.15, 0.2) is 43.0 Å². The van der Waals surface area contributed by atoms with Gasteiger partial charge in [0.05, 0.1) is 0 Å². The van der Waals surface area contributed by atoms with E-state index in [0.717, 1.165) is 0 Å². The summed E-state index contributed by atoms with van der Waals surface area (Å²) in [6.07, 6.45) is 10.1. The van der Waals surface area contributed by atoms with Crippen molar-refractivity contribution < 1.29 is 0 Å². The van der Waals surface area contributed by atoms with Gasteiger partial charge in [-0.1, -0.05) is 19.4 Å². The minimum absolute atomic E-state index is 1.20. The van der Waals surface area contributed by atoms with Crippen LogP contribution in [-0.2, 0) is 6.42 Å². The molecule has 0 unspecified atom stereocenters. The lowest BCUT2D eigenvalue weighted by molar-refractivity contribution is 0.916. The third kappa shape index (κ3) is 4.45. The van der Waals surface area contributed by atoms with Crippen molar-refractivity contribution in [3.05, 3.63) is 54.1 Å². The molecule has 15 heavy (non-hydrogen) atoms. The van der Waals surface area contributed by atoms with Crippen molar-refractivity contribution >= 4 is 0 Å². The maximum Gasteiger partial charge on any atom is 0.0267 e. The molecule has 2 aromatic heterocycles. The Balaban J connectivity index is 0.000000162. The Morgan fingerprint density at radius 2 is 1.87 bits per heavy atom. The number of hydrogen-bond donors (Lipinski definition) is 1. The number of pyridine rings is 1. The second-order valence-corrected chi connectivity index (χ2v) is 3.44. The number of nitrogens with one attached hydrogen (secondary N) is 1. The number of aromatic amines is 1. The summed E-state index contributed by atoms with van der Waals surface area (Å²) < 4.78 is 0. The molecule has 80 valence electrons. The van der Waals surface area contributed by atoms with Crippen LogP contribution >= 0.6 is 0 Å². The first-order valence-electron chi connectivity index (χ1n) is 5.32. The first kappa shape index (κ1) is 11.5. The highest BCUT2D eigenvalue weighted by Gasteiger charge is 1.94. The van der Waals surface area contributed by atoms with Gasteiger partial charge >= 0.3 is 0 Å². The molecular formula is C13H18N2. The topological polar surface area (TPSA) is 28.7 Å². The van der Waals surface area contributed by atoms with Gasteiger partial charge in [0.2, 0.25) is 0 Å². The van der Waals surface area contributed by atoms with Gasteiger partial charge in [0.25, 0.3) is 0 Å². The minimum atomic E-state index is 1.20. The van der Waals surface area contributed by atoms with Gasteiger partial charge in [-0.2, -0.15) is 0 Å². The van der Waals surface area contributed by atoms with Crippen LogP contribution in [0.1, 0.15) is 24.5 Å². The lowest BCUT2D eigenvalue weighted by Crippen LogP contribution is -1.80. The molecule has 1 N–H and O–H groups in total. The second kappa shape index (κ2) is 6.82. The molecule has 0 aliphatic carbocycles. The summed E-state index contributed by atoms with van der Waals surface area (Å²) in [5.41, 5.74) is 2.84. The molecule has 2 heteroatoms. The first-order valence-corrected chi connectivity index (χ1v) is 5.32. The normalized spacial score (nSPS) is 9.20. The van der Waals surface area contributed by atoms with Crippen molar-refractivity contribution in [3.8, 4) is 0 Å². The van der Waals surface area contributed by atoms with Crippen molar-refractivity contribution in [3.63, 3.8) is 0 Å². The molecule has 2 rings (SSSR count). The fraction of sp³-hybridized carbons (Fsp3) is 0.308. The molecule has 2 heterocycles. The van der Waals surface area contributed by atoms with Gasteiger partial charge in [0.1, 0.15) is 0 Å². The average molecular weight is 202 g/mol. The van der Waals surface area contributed by atoms with Crippen LogP contribution in [-0.4, -0.2) is 9.97 Å². The van der Waals surface area contributed by atoms with Crippen molar-refractivity contribution in [1.29, 1.82) is 0 Å². The van der Waals surface area contributed by atoms with E-state index in [1.807, 2.05) is 24.4 Å². The molecule has 0 aliphatic heterocycles. The van der Waals surface area contributed by atoms with Crippen LogP contribution in [0.25, 0.3) is 0 Å². The molecule has 0 bridgehead atoms. The first-order chi connectivity index (χ1) is 7.34. The Morgan fingerprint density at radius 1 is 1.13 bits per heavy atom. The molecule has 2 aromatic rings. The number of nitrogens with zero attached hydrogens (tertiary/aromatic N) is 1. The van der Waals surface area contributed by atoms with E-state index in [1.165, 1.54) is 24.0 Å². The highest BCUT2D eigenvalue weighted by Crippen LogP contribution is 2.07. The summed E-state index contributed by atoms with van der Waals surface area (Å²) >= 11 is 0. The summed E-state index contributed by atoms with van der Waals surface area (Å²) in [5, 5.41) is 0. The van der Waals surface area contributed by atoms with E-state index in [4.69, 9.17) is 0 Å². The Morgan fingerprint density at radius 3 is 2.20 bits per heavy atom. The Bertz CT molecular complexity index is 325. The van der Waals surface area contributed by atoms with Crippen LogP contribution in [0.2, 0.25) is 0 Å². The smallest absolute Gasteiger partial charge is 0.0267 e. The summed E-state index contributed by atoms with van der Waals surface area (Å²) in [7, 11) is 0. The third-order valence-corrected chi connectivity index (χ3v) is 2.15. The Kier molecular flexibility index (Phi) is 5.23. The molecule has 0 atom stereocenters. The fourth-order valence-electron chi connectivity index (χ4n) is 1.33. The quantitative estimate of drug-likeness (QED) is 0.794. The lowest BCUT2D eigenvalue weighted by Gasteiger charge is -1.92. The van der Waals surface area contributed by atoms with Gasteiger partial charge in [-0.25, -0.2) is 0 Å². The van der Waals surface area contributed by atoms with Crippen molar-refractivity contribution in [2.24, 2.45) is 0 Å². The SMILES string of the molecule is CCCc1c[nH]cc1C.c1ccncc1. The lowest BCUT2D eigenvalue weighted by atomic mass is 10.1. The Labute approximate surface area is 91.4 Å². The molecule has 2 nitrogen and oxygen atoms in total. The molecule has 0 amide bonds. The van der Waals surface area contributed by atoms with E-state index >= 15 is 0 Å². The van der Waals surface area contributed by atoms with E-state index in [1.54, 1.807) is 12.4 Å². The Hall–Kier alpha value is -1.57. The molecule has 0 saturated carbocycles. The zero-order valence-corrected chi connectivity index (χ0v) is 9.40. The monoisotopic (exact) mass is 202 g/mol. The zero-order valence-electron chi connectivity index (χ0n) is 9.40. The molecular weight excluding hydrogens is 184 g/mol. The number of H-pyrrole nitrogens is 1. The van der Waals surface area contributed by atoms with Crippen molar-refractivity contribution in [2.75, 3.05) is 0 Å². The number of aromatic nitrogens is 2. The zero-order chi connectivity index (χ0) is 10.9. The molecule has 0 spiro atoms. The number of aryl methyl sites for hydroxylation is 2. The van der Waals surface area contributed by atoms with E-state index < -0.39 is 0 Å². The fourth-order valence-corrected chi connectivity index (χ4v) is 1.33. The van der Waals surface area contributed by atoms with Crippen molar-refractivity contribution in [2.45, 2.75) is 26.7 Å². The van der Waals surface area contributed by atoms with Gasteiger partial charge in [-0.3, -0.25) is 4.98 Å². The molecule has 0 aliphatic rings. The maximum atomic E-state index is 3.78. The average Bonchev–Trinajstić information content (AvgIpc) is 2.69. The summed E-state index contributed by atoms with van der Waals surface area (Å²) in [5.74, 6) is 0. The van der Waals surface area contributed by atoms with Crippen LogP contribution in [0.3, 0.4) is 0 Å². The highest BCUT2D eigenvalue weighted by atomic mass is 14.6. The van der Waals surface area contributed by atoms with Gasteiger partial charge in [-0.15, -0.1) is 0 Å². The predicted octanol–water partition coefficient (Wildman–Crippen LogP) is 3.36. The van der Waals surface area contributed by atoms with Gasteiger partial charge in [0.15, 0.2) is 0 Å². The summed E-state index contributed by atoms with van der Waals surface area (Å²) in [6.45, 7) is 4.34. The van der Waals surface area contributed by atoms with Crippen LogP contribution in [0.4, 0.5) is 0 Å². The van der Waals surface area contributed by atoms with E-state index in [0.29, 0.717) is 0 Å². The largest absolute Gasteiger partial charge is 0.367 e. The van der Waals surface area contributed by atoms with Gasteiger partial charge in [0, 0.05) is 24.8 Å². The van der Waals surface area contributed by atoms with E-state index in [2.05, 4.69) is 30.0 Å². The number of hydrogen-bond acceptors (Lipinski definition) is 1. The van der Waals surface area contributed by atoms with Crippen LogP contribution < -0.4 is 0 Å². The molecule has 0 aromatic carbocycles. The number of rotatable bonds is 2. The summed E-state index contributed by atoms with van der Waals surface area (Å²) in [4.78, 5) is 6.87.